The standard InChI is InChI=1S/C16H18N2O3/c19-13-6-3-5-12(13)16-17-15(18-21-16)11-8-10-4-1-2-7-14(10)20-9-11/h1-2,4,7,11-13,19H,3,5-6,8-9H2. The molecule has 1 aromatic carbocycles. The Hall–Kier alpha value is -1.88. The first-order valence-electron chi connectivity index (χ1n) is 7.53. The fraction of sp³-hybridized carbons (Fsp3) is 0.500. The minimum absolute atomic E-state index is 0.00282. The monoisotopic (exact) mass is 286 g/mol. The number of benzene rings is 1. The maximum absolute atomic E-state index is 9.94. The van der Waals surface area contributed by atoms with Crippen LogP contribution in [-0.4, -0.2) is 28.0 Å². The van der Waals surface area contributed by atoms with Gasteiger partial charge in [-0.25, -0.2) is 0 Å². The molecule has 2 heterocycles. The molecule has 2 aromatic rings. The summed E-state index contributed by atoms with van der Waals surface area (Å²) in [6.45, 7) is 0.573. The molecule has 1 aliphatic heterocycles. The Morgan fingerprint density at radius 2 is 2.10 bits per heavy atom. The smallest absolute Gasteiger partial charge is 0.232 e. The van der Waals surface area contributed by atoms with Gasteiger partial charge in [-0.3, -0.25) is 0 Å². The van der Waals surface area contributed by atoms with E-state index in [4.69, 9.17) is 9.26 Å². The topological polar surface area (TPSA) is 68.4 Å². The van der Waals surface area contributed by atoms with Gasteiger partial charge < -0.3 is 14.4 Å². The second kappa shape index (κ2) is 5.15. The lowest BCUT2D eigenvalue weighted by molar-refractivity contribution is 0.148. The average molecular weight is 286 g/mol. The molecule has 0 radical (unpaired) electrons. The molecule has 1 saturated carbocycles. The van der Waals surface area contributed by atoms with Gasteiger partial charge in [-0.1, -0.05) is 23.4 Å². The maximum atomic E-state index is 9.94. The summed E-state index contributed by atoms with van der Waals surface area (Å²) in [7, 11) is 0. The molecule has 1 aromatic heterocycles. The van der Waals surface area contributed by atoms with Gasteiger partial charge >= 0.3 is 0 Å². The van der Waals surface area contributed by atoms with Crippen LogP contribution in [0.1, 0.15) is 48.4 Å². The summed E-state index contributed by atoms with van der Waals surface area (Å²) in [5, 5.41) is 14.1. The van der Waals surface area contributed by atoms with Crippen LogP contribution in [0.3, 0.4) is 0 Å². The van der Waals surface area contributed by atoms with Crippen molar-refractivity contribution in [2.24, 2.45) is 0 Å². The molecule has 110 valence electrons. The van der Waals surface area contributed by atoms with Gasteiger partial charge in [0.2, 0.25) is 5.89 Å². The molecule has 3 unspecified atom stereocenters. The van der Waals surface area contributed by atoms with E-state index in [9.17, 15) is 5.11 Å². The molecule has 0 spiro atoms. The third-order valence-electron chi connectivity index (χ3n) is 4.50. The number of para-hydroxylation sites is 1. The van der Waals surface area contributed by atoms with Crippen molar-refractivity contribution in [2.75, 3.05) is 6.61 Å². The van der Waals surface area contributed by atoms with Crippen LogP contribution >= 0.6 is 0 Å². The van der Waals surface area contributed by atoms with Crippen LogP contribution in [0.2, 0.25) is 0 Å². The third kappa shape index (κ3) is 2.31. The third-order valence-corrected chi connectivity index (χ3v) is 4.50. The number of aromatic nitrogens is 2. The molecule has 5 heteroatoms. The molecule has 5 nitrogen and oxygen atoms in total. The predicted octanol–water partition coefficient (Wildman–Crippen LogP) is 2.42. The fourth-order valence-electron chi connectivity index (χ4n) is 3.29. The first-order chi connectivity index (χ1) is 10.3. The zero-order chi connectivity index (χ0) is 14.2. The highest BCUT2D eigenvalue weighted by molar-refractivity contribution is 5.36. The number of aliphatic hydroxyl groups is 1. The molecule has 1 N–H and O–H groups in total. The molecular formula is C16H18N2O3. The van der Waals surface area contributed by atoms with Gasteiger partial charge in [0.25, 0.3) is 0 Å². The molecule has 3 atom stereocenters. The minimum atomic E-state index is -0.346. The zero-order valence-electron chi connectivity index (χ0n) is 11.7. The lowest BCUT2D eigenvalue weighted by atomic mass is 9.96. The van der Waals surface area contributed by atoms with E-state index in [1.54, 1.807) is 0 Å². The van der Waals surface area contributed by atoms with E-state index in [-0.39, 0.29) is 17.9 Å². The van der Waals surface area contributed by atoms with Crippen molar-refractivity contribution in [3.63, 3.8) is 0 Å². The van der Waals surface area contributed by atoms with Crippen LogP contribution in [0.15, 0.2) is 28.8 Å². The van der Waals surface area contributed by atoms with E-state index >= 15 is 0 Å². The summed E-state index contributed by atoms with van der Waals surface area (Å²) in [6, 6.07) is 8.06. The SMILES string of the molecule is OC1CCCC1c1nc(C2COc3ccccc3C2)no1. The fourth-order valence-corrected chi connectivity index (χ4v) is 3.29. The van der Waals surface area contributed by atoms with Crippen molar-refractivity contribution < 1.29 is 14.4 Å². The normalized spacial score (nSPS) is 28.1. The summed E-state index contributed by atoms with van der Waals surface area (Å²) in [6.07, 6.45) is 3.28. The molecule has 0 amide bonds. The van der Waals surface area contributed by atoms with Gasteiger partial charge in [0.15, 0.2) is 5.82 Å². The number of hydrogen-bond donors (Lipinski definition) is 1. The van der Waals surface area contributed by atoms with Gasteiger partial charge in [0, 0.05) is 0 Å². The van der Waals surface area contributed by atoms with E-state index in [1.807, 2.05) is 18.2 Å². The van der Waals surface area contributed by atoms with E-state index in [0.29, 0.717) is 18.3 Å². The quantitative estimate of drug-likeness (QED) is 0.918. The van der Waals surface area contributed by atoms with Crippen LogP contribution in [-0.2, 0) is 6.42 Å². The summed E-state index contributed by atoms with van der Waals surface area (Å²) < 4.78 is 11.2. The van der Waals surface area contributed by atoms with Crippen molar-refractivity contribution in [1.82, 2.24) is 10.1 Å². The Kier molecular flexibility index (Phi) is 3.15. The zero-order valence-corrected chi connectivity index (χ0v) is 11.7. The lowest BCUT2D eigenvalue weighted by Crippen LogP contribution is -2.20. The maximum Gasteiger partial charge on any atom is 0.232 e. The van der Waals surface area contributed by atoms with Crippen molar-refractivity contribution >= 4 is 0 Å². The summed E-state index contributed by atoms with van der Waals surface area (Å²) in [4.78, 5) is 4.52. The molecule has 0 saturated heterocycles. The minimum Gasteiger partial charge on any atom is -0.493 e. The number of ether oxygens (including phenoxy) is 1. The number of aliphatic hydroxyl groups excluding tert-OH is 1. The van der Waals surface area contributed by atoms with Crippen molar-refractivity contribution in [2.45, 2.75) is 43.6 Å². The van der Waals surface area contributed by atoms with Crippen LogP contribution in [0.5, 0.6) is 5.75 Å². The first-order valence-corrected chi connectivity index (χ1v) is 7.53. The Morgan fingerprint density at radius 1 is 1.19 bits per heavy atom. The number of rotatable bonds is 2. The van der Waals surface area contributed by atoms with Gasteiger partial charge in [0.1, 0.15) is 5.75 Å². The van der Waals surface area contributed by atoms with E-state index in [0.717, 1.165) is 31.4 Å². The number of fused-ring (bicyclic) bond motifs is 1. The number of nitrogens with zero attached hydrogens (tertiary/aromatic N) is 2. The second-order valence-corrected chi connectivity index (χ2v) is 5.92. The molecule has 0 bridgehead atoms. The van der Waals surface area contributed by atoms with Crippen molar-refractivity contribution in [3.05, 3.63) is 41.5 Å². The molecule has 1 fully saturated rings. The second-order valence-electron chi connectivity index (χ2n) is 5.92. The van der Waals surface area contributed by atoms with Crippen LogP contribution < -0.4 is 4.74 Å². The summed E-state index contributed by atoms with van der Waals surface area (Å²) in [5.41, 5.74) is 1.18. The highest BCUT2D eigenvalue weighted by Crippen LogP contribution is 2.35. The molecule has 4 rings (SSSR count). The first kappa shape index (κ1) is 12.8. The van der Waals surface area contributed by atoms with E-state index < -0.39 is 0 Å². The highest BCUT2D eigenvalue weighted by Gasteiger charge is 2.33. The lowest BCUT2D eigenvalue weighted by Gasteiger charge is -2.22. The molecule has 21 heavy (non-hydrogen) atoms. The Morgan fingerprint density at radius 3 is 2.95 bits per heavy atom. The van der Waals surface area contributed by atoms with Crippen LogP contribution in [0.4, 0.5) is 0 Å². The Bertz CT molecular complexity index is 640. The average Bonchev–Trinajstić information content (AvgIpc) is 3.15. The predicted molar refractivity (Wildman–Crippen MR) is 75.3 cm³/mol. The van der Waals surface area contributed by atoms with Gasteiger partial charge in [-0.15, -0.1) is 0 Å². The van der Waals surface area contributed by atoms with Crippen LogP contribution in [0, 0.1) is 0 Å². The number of hydrogen-bond acceptors (Lipinski definition) is 5. The van der Waals surface area contributed by atoms with E-state index in [2.05, 4.69) is 16.2 Å². The molecular weight excluding hydrogens is 268 g/mol. The summed E-state index contributed by atoms with van der Waals surface area (Å²) in [5.74, 6) is 2.34. The Labute approximate surface area is 122 Å². The molecule has 1 aliphatic carbocycles. The van der Waals surface area contributed by atoms with Crippen molar-refractivity contribution in [3.8, 4) is 5.75 Å². The highest BCUT2D eigenvalue weighted by atomic mass is 16.5. The van der Waals surface area contributed by atoms with Crippen molar-refractivity contribution in [1.29, 1.82) is 0 Å². The van der Waals surface area contributed by atoms with Gasteiger partial charge in [-0.2, -0.15) is 4.98 Å². The van der Waals surface area contributed by atoms with Gasteiger partial charge in [0.05, 0.1) is 24.5 Å². The summed E-state index contributed by atoms with van der Waals surface area (Å²) >= 11 is 0. The van der Waals surface area contributed by atoms with Gasteiger partial charge in [-0.05, 0) is 37.3 Å². The van der Waals surface area contributed by atoms with E-state index in [1.165, 1.54) is 5.56 Å². The largest absolute Gasteiger partial charge is 0.493 e. The van der Waals surface area contributed by atoms with Crippen LogP contribution in [0.25, 0.3) is 0 Å². The Balaban J connectivity index is 1.54. The molecule has 2 aliphatic rings.